The average molecular weight is 223 g/mol. The highest BCUT2D eigenvalue weighted by Gasteiger charge is 2.15. The van der Waals surface area contributed by atoms with E-state index in [4.69, 9.17) is 4.74 Å². The molecule has 1 aromatic carbocycles. The summed E-state index contributed by atoms with van der Waals surface area (Å²) in [5, 5.41) is 3.49. The third-order valence-corrected chi connectivity index (χ3v) is 3.14. The molecule has 1 unspecified atom stereocenters. The van der Waals surface area contributed by atoms with Gasteiger partial charge >= 0.3 is 0 Å². The van der Waals surface area contributed by atoms with Gasteiger partial charge in [-0.15, -0.1) is 0 Å². The summed E-state index contributed by atoms with van der Waals surface area (Å²) < 4.78 is 18.3. The zero-order chi connectivity index (χ0) is 11.4. The van der Waals surface area contributed by atoms with Gasteiger partial charge in [-0.3, -0.25) is 0 Å². The zero-order valence-corrected chi connectivity index (χ0v) is 9.63. The lowest BCUT2D eigenvalue weighted by Gasteiger charge is -2.17. The van der Waals surface area contributed by atoms with Gasteiger partial charge in [0.2, 0.25) is 0 Å². The number of nitrogens with one attached hydrogen (secondary N) is 1. The van der Waals surface area contributed by atoms with Crippen LogP contribution in [-0.2, 0) is 0 Å². The van der Waals surface area contributed by atoms with Gasteiger partial charge < -0.3 is 10.1 Å². The Morgan fingerprint density at radius 2 is 2.19 bits per heavy atom. The van der Waals surface area contributed by atoms with Crippen molar-refractivity contribution in [2.75, 3.05) is 13.7 Å². The third kappa shape index (κ3) is 2.53. The van der Waals surface area contributed by atoms with Gasteiger partial charge in [-0.05, 0) is 37.1 Å². The van der Waals surface area contributed by atoms with Crippen molar-refractivity contribution in [2.45, 2.75) is 31.7 Å². The molecule has 1 atom stereocenters. The van der Waals surface area contributed by atoms with E-state index in [1.807, 2.05) is 6.07 Å². The van der Waals surface area contributed by atoms with Crippen LogP contribution in [0.5, 0.6) is 5.75 Å². The lowest BCUT2D eigenvalue weighted by molar-refractivity contribution is 0.384. The maximum absolute atomic E-state index is 13.3. The van der Waals surface area contributed by atoms with Crippen LogP contribution in [-0.4, -0.2) is 13.7 Å². The second-order valence-electron chi connectivity index (χ2n) is 4.25. The Kier molecular flexibility index (Phi) is 3.78. The van der Waals surface area contributed by atoms with Crippen molar-refractivity contribution in [1.29, 1.82) is 0 Å². The van der Waals surface area contributed by atoms with Gasteiger partial charge in [-0.1, -0.05) is 18.9 Å². The van der Waals surface area contributed by atoms with Crippen LogP contribution in [0.4, 0.5) is 4.39 Å². The highest BCUT2D eigenvalue weighted by atomic mass is 19.1. The van der Waals surface area contributed by atoms with E-state index in [1.54, 1.807) is 6.07 Å². The van der Waals surface area contributed by atoms with Crippen LogP contribution < -0.4 is 10.1 Å². The van der Waals surface area contributed by atoms with Crippen molar-refractivity contribution in [1.82, 2.24) is 5.32 Å². The number of hydrogen-bond acceptors (Lipinski definition) is 2. The second kappa shape index (κ2) is 5.30. The van der Waals surface area contributed by atoms with Gasteiger partial charge in [-0.2, -0.15) is 0 Å². The van der Waals surface area contributed by atoms with Crippen LogP contribution in [0.25, 0.3) is 0 Å². The fourth-order valence-electron chi connectivity index (χ4n) is 2.21. The molecular formula is C13H18FNO. The van der Waals surface area contributed by atoms with E-state index in [9.17, 15) is 4.39 Å². The van der Waals surface area contributed by atoms with Gasteiger partial charge in [0.1, 0.15) is 0 Å². The van der Waals surface area contributed by atoms with Crippen molar-refractivity contribution in [3.63, 3.8) is 0 Å². The van der Waals surface area contributed by atoms with E-state index in [0.717, 1.165) is 18.5 Å². The molecule has 0 spiro atoms. The molecule has 0 aliphatic carbocycles. The quantitative estimate of drug-likeness (QED) is 0.832. The minimum atomic E-state index is -0.292. The lowest BCUT2D eigenvalue weighted by Crippen LogP contribution is -2.20. The molecule has 16 heavy (non-hydrogen) atoms. The Morgan fingerprint density at radius 3 is 3.00 bits per heavy atom. The van der Waals surface area contributed by atoms with Crippen LogP contribution in [0, 0.1) is 5.82 Å². The maximum Gasteiger partial charge on any atom is 0.165 e. The molecular weight excluding hydrogens is 205 g/mol. The van der Waals surface area contributed by atoms with E-state index in [0.29, 0.717) is 11.8 Å². The average Bonchev–Trinajstić information content (AvgIpc) is 2.58. The van der Waals surface area contributed by atoms with E-state index < -0.39 is 0 Å². The fraction of sp³-hybridized carbons (Fsp3) is 0.538. The first-order valence-corrected chi connectivity index (χ1v) is 5.88. The zero-order valence-electron chi connectivity index (χ0n) is 9.63. The van der Waals surface area contributed by atoms with Gasteiger partial charge in [-0.25, -0.2) is 4.39 Å². The number of rotatable bonds is 2. The molecule has 0 aromatic heterocycles. The Balaban J connectivity index is 2.18. The number of methoxy groups -OCH3 is 1. The predicted molar refractivity (Wildman–Crippen MR) is 62.2 cm³/mol. The standard InChI is InChI=1S/C13H18FNO/c1-16-13-9-10(6-7-11(13)14)12-5-3-2-4-8-15-12/h6-7,9,12,15H,2-5,8H2,1H3. The predicted octanol–water partition coefficient (Wildman–Crippen LogP) is 3.04. The van der Waals surface area contributed by atoms with Crippen molar-refractivity contribution < 1.29 is 9.13 Å². The van der Waals surface area contributed by atoms with Gasteiger partial charge in [0.15, 0.2) is 11.6 Å². The summed E-state index contributed by atoms with van der Waals surface area (Å²) in [7, 11) is 1.50. The number of benzene rings is 1. The van der Waals surface area contributed by atoms with Gasteiger partial charge in [0.05, 0.1) is 7.11 Å². The minimum absolute atomic E-state index is 0.292. The molecule has 1 N–H and O–H groups in total. The van der Waals surface area contributed by atoms with E-state index in [-0.39, 0.29) is 5.82 Å². The Labute approximate surface area is 95.8 Å². The topological polar surface area (TPSA) is 21.3 Å². The third-order valence-electron chi connectivity index (χ3n) is 3.14. The Hall–Kier alpha value is -1.09. The first-order valence-electron chi connectivity index (χ1n) is 5.88. The first-order chi connectivity index (χ1) is 7.81. The Morgan fingerprint density at radius 1 is 1.31 bits per heavy atom. The largest absolute Gasteiger partial charge is 0.494 e. The molecule has 0 radical (unpaired) electrons. The smallest absolute Gasteiger partial charge is 0.165 e. The molecule has 0 saturated carbocycles. The summed E-state index contributed by atoms with van der Waals surface area (Å²) in [6.45, 7) is 1.05. The molecule has 1 heterocycles. The van der Waals surface area contributed by atoms with Crippen LogP contribution in [0.2, 0.25) is 0 Å². The van der Waals surface area contributed by atoms with E-state index in [2.05, 4.69) is 5.32 Å². The summed E-state index contributed by atoms with van der Waals surface area (Å²) >= 11 is 0. The summed E-state index contributed by atoms with van der Waals surface area (Å²) in [4.78, 5) is 0. The molecule has 0 bridgehead atoms. The molecule has 1 aliphatic heterocycles. The highest BCUT2D eigenvalue weighted by molar-refractivity contribution is 5.32. The maximum atomic E-state index is 13.3. The molecule has 1 aliphatic rings. The molecule has 88 valence electrons. The molecule has 0 amide bonds. The van der Waals surface area contributed by atoms with E-state index >= 15 is 0 Å². The van der Waals surface area contributed by atoms with Crippen molar-refractivity contribution in [3.05, 3.63) is 29.6 Å². The van der Waals surface area contributed by atoms with Crippen molar-refractivity contribution in [3.8, 4) is 5.75 Å². The Bertz CT molecular complexity index is 346. The normalized spacial score (nSPS) is 21.5. The van der Waals surface area contributed by atoms with Crippen LogP contribution in [0.1, 0.15) is 37.3 Å². The summed E-state index contributed by atoms with van der Waals surface area (Å²) in [5.41, 5.74) is 1.13. The summed E-state index contributed by atoms with van der Waals surface area (Å²) in [6.07, 6.45) is 4.86. The minimum Gasteiger partial charge on any atom is -0.494 e. The summed E-state index contributed by atoms with van der Waals surface area (Å²) in [6, 6.07) is 5.48. The molecule has 3 heteroatoms. The number of hydrogen-bond donors (Lipinski definition) is 1. The van der Waals surface area contributed by atoms with Gasteiger partial charge in [0, 0.05) is 6.04 Å². The second-order valence-corrected chi connectivity index (χ2v) is 4.25. The lowest BCUT2D eigenvalue weighted by atomic mass is 10.0. The van der Waals surface area contributed by atoms with Crippen LogP contribution in [0.15, 0.2) is 18.2 Å². The van der Waals surface area contributed by atoms with Gasteiger partial charge in [0.25, 0.3) is 0 Å². The SMILES string of the molecule is COc1cc(C2CCCCCN2)ccc1F. The molecule has 1 aromatic rings. The number of halogens is 1. The van der Waals surface area contributed by atoms with Crippen molar-refractivity contribution in [2.24, 2.45) is 0 Å². The van der Waals surface area contributed by atoms with Crippen LogP contribution >= 0.6 is 0 Å². The number of ether oxygens (including phenoxy) is 1. The monoisotopic (exact) mass is 223 g/mol. The summed E-state index contributed by atoms with van der Waals surface area (Å²) in [5.74, 6) is 0.0448. The fourth-order valence-corrected chi connectivity index (χ4v) is 2.21. The first kappa shape index (κ1) is 11.4. The highest BCUT2D eigenvalue weighted by Crippen LogP contribution is 2.27. The molecule has 2 nitrogen and oxygen atoms in total. The van der Waals surface area contributed by atoms with Crippen LogP contribution in [0.3, 0.4) is 0 Å². The molecule has 1 saturated heterocycles. The molecule has 2 rings (SSSR count). The van der Waals surface area contributed by atoms with Crippen molar-refractivity contribution >= 4 is 0 Å². The molecule has 1 fully saturated rings. The van der Waals surface area contributed by atoms with E-state index in [1.165, 1.54) is 32.4 Å².